The summed E-state index contributed by atoms with van der Waals surface area (Å²) in [5.74, 6) is 0.691. The SMILES string of the molecule is CCCn1c(=O)[nH]c(=O)c2[nH]c(CCCN)nc21. The average molecular weight is 251 g/mol. The standard InChI is InChI=1S/C11H17N5O2/c1-2-6-16-9-8(10(17)15-11(16)18)13-7(14-9)4-3-5-12/h2-6,12H2,1H3,(H,13,14)(H,15,17,18). The lowest BCUT2D eigenvalue weighted by molar-refractivity contribution is 0.651. The van der Waals surface area contributed by atoms with Crippen molar-refractivity contribution >= 4 is 11.2 Å². The molecule has 7 heteroatoms. The Balaban J connectivity index is 2.58. The van der Waals surface area contributed by atoms with Crippen LogP contribution in [0.15, 0.2) is 9.59 Å². The van der Waals surface area contributed by atoms with Gasteiger partial charge in [0.05, 0.1) is 0 Å². The van der Waals surface area contributed by atoms with E-state index in [1.165, 1.54) is 4.57 Å². The molecule has 0 saturated carbocycles. The summed E-state index contributed by atoms with van der Waals surface area (Å²) in [6.45, 7) is 3.06. The number of aryl methyl sites for hydroxylation is 2. The first kappa shape index (κ1) is 12.6. The van der Waals surface area contributed by atoms with Crippen LogP contribution >= 0.6 is 0 Å². The number of nitrogens with two attached hydrogens (primary N) is 1. The largest absolute Gasteiger partial charge is 0.336 e. The summed E-state index contributed by atoms with van der Waals surface area (Å²) in [4.78, 5) is 32.9. The van der Waals surface area contributed by atoms with Gasteiger partial charge in [-0.1, -0.05) is 6.92 Å². The Kier molecular flexibility index (Phi) is 3.61. The van der Waals surface area contributed by atoms with E-state index < -0.39 is 11.2 Å². The van der Waals surface area contributed by atoms with Crippen LogP contribution in [0.25, 0.3) is 11.2 Å². The molecule has 0 fully saturated rings. The van der Waals surface area contributed by atoms with Gasteiger partial charge in [-0.3, -0.25) is 14.3 Å². The van der Waals surface area contributed by atoms with Gasteiger partial charge in [-0.05, 0) is 19.4 Å². The highest BCUT2D eigenvalue weighted by Gasteiger charge is 2.11. The maximum absolute atomic E-state index is 11.7. The van der Waals surface area contributed by atoms with E-state index in [1.54, 1.807) is 0 Å². The molecule has 0 saturated heterocycles. The number of hydrogen-bond acceptors (Lipinski definition) is 4. The number of hydrogen-bond donors (Lipinski definition) is 3. The van der Waals surface area contributed by atoms with E-state index in [4.69, 9.17) is 5.73 Å². The predicted octanol–water partition coefficient (Wildman–Crippen LogP) is -0.286. The molecule has 0 aromatic carbocycles. The Morgan fingerprint density at radius 1 is 1.33 bits per heavy atom. The van der Waals surface area contributed by atoms with Crippen LogP contribution in [0.5, 0.6) is 0 Å². The minimum atomic E-state index is -0.422. The lowest BCUT2D eigenvalue weighted by Gasteiger charge is -2.02. The number of imidazole rings is 1. The first-order chi connectivity index (χ1) is 8.67. The molecule has 98 valence electrons. The smallest absolute Gasteiger partial charge is 0.330 e. The maximum atomic E-state index is 11.7. The van der Waals surface area contributed by atoms with E-state index in [0.717, 1.165) is 12.8 Å². The van der Waals surface area contributed by atoms with E-state index in [0.29, 0.717) is 36.5 Å². The highest BCUT2D eigenvalue weighted by molar-refractivity contribution is 5.69. The second-order valence-electron chi connectivity index (χ2n) is 4.19. The van der Waals surface area contributed by atoms with Crippen molar-refractivity contribution in [1.29, 1.82) is 0 Å². The first-order valence-electron chi connectivity index (χ1n) is 6.09. The Labute approximate surface area is 103 Å². The van der Waals surface area contributed by atoms with E-state index >= 15 is 0 Å². The van der Waals surface area contributed by atoms with Crippen LogP contribution in [-0.4, -0.2) is 26.1 Å². The molecule has 0 aliphatic rings. The Hall–Kier alpha value is -1.89. The minimum Gasteiger partial charge on any atom is -0.336 e. The molecule has 0 aliphatic heterocycles. The number of fused-ring (bicyclic) bond motifs is 1. The fourth-order valence-electron chi connectivity index (χ4n) is 1.91. The van der Waals surface area contributed by atoms with Crippen molar-refractivity contribution in [2.45, 2.75) is 32.7 Å². The average Bonchev–Trinajstić information content (AvgIpc) is 2.76. The Morgan fingerprint density at radius 3 is 2.78 bits per heavy atom. The molecule has 0 aliphatic carbocycles. The number of rotatable bonds is 5. The van der Waals surface area contributed by atoms with Crippen molar-refractivity contribution < 1.29 is 0 Å². The van der Waals surface area contributed by atoms with Crippen molar-refractivity contribution in [2.75, 3.05) is 6.54 Å². The molecule has 2 aromatic heterocycles. The highest BCUT2D eigenvalue weighted by atomic mass is 16.2. The third kappa shape index (κ3) is 2.21. The molecule has 0 spiro atoms. The number of aromatic amines is 2. The lowest BCUT2D eigenvalue weighted by atomic mass is 10.3. The topological polar surface area (TPSA) is 110 Å². The van der Waals surface area contributed by atoms with Gasteiger partial charge in [-0.25, -0.2) is 9.78 Å². The summed E-state index contributed by atoms with van der Waals surface area (Å²) in [5, 5.41) is 0. The molecule has 2 heterocycles. The summed E-state index contributed by atoms with van der Waals surface area (Å²) in [6.07, 6.45) is 2.26. The molecule has 7 nitrogen and oxygen atoms in total. The van der Waals surface area contributed by atoms with Crippen molar-refractivity contribution in [1.82, 2.24) is 19.5 Å². The number of aromatic nitrogens is 4. The van der Waals surface area contributed by atoms with Gasteiger partial charge in [0.15, 0.2) is 5.65 Å². The molecular formula is C11H17N5O2. The Morgan fingerprint density at radius 2 is 2.11 bits per heavy atom. The molecule has 4 N–H and O–H groups in total. The molecular weight excluding hydrogens is 234 g/mol. The van der Waals surface area contributed by atoms with Crippen LogP contribution < -0.4 is 17.0 Å². The molecule has 0 atom stereocenters. The van der Waals surface area contributed by atoms with Gasteiger partial charge in [-0.15, -0.1) is 0 Å². The van der Waals surface area contributed by atoms with Crippen LogP contribution in [0.3, 0.4) is 0 Å². The van der Waals surface area contributed by atoms with Gasteiger partial charge in [0.2, 0.25) is 0 Å². The molecule has 2 aromatic rings. The second-order valence-corrected chi connectivity index (χ2v) is 4.19. The van der Waals surface area contributed by atoms with Crippen molar-refractivity contribution in [3.05, 3.63) is 26.7 Å². The minimum absolute atomic E-state index is 0.357. The monoisotopic (exact) mass is 251 g/mol. The fraction of sp³-hybridized carbons (Fsp3) is 0.545. The van der Waals surface area contributed by atoms with Crippen LogP contribution in [-0.2, 0) is 13.0 Å². The number of nitrogens with one attached hydrogen (secondary N) is 2. The molecule has 0 radical (unpaired) electrons. The highest BCUT2D eigenvalue weighted by Crippen LogP contribution is 2.06. The van der Waals surface area contributed by atoms with Gasteiger partial charge in [0.1, 0.15) is 11.3 Å². The number of H-pyrrole nitrogens is 2. The van der Waals surface area contributed by atoms with Crippen molar-refractivity contribution in [2.24, 2.45) is 5.73 Å². The molecule has 2 rings (SSSR count). The molecule has 0 amide bonds. The summed E-state index contributed by atoms with van der Waals surface area (Å²) < 4.78 is 1.49. The van der Waals surface area contributed by atoms with Crippen LogP contribution in [0, 0.1) is 0 Å². The summed E-state index contributed by atoms with van der Waals surface area (Å²) >= 11 is 0. The van der Waals surface area contributed by atoms with Gasteiger partial charge in [0.25, 0.3) is 5.56 Å². The third-order valence-electron chi connectivity index (χ3n) is 2.75. The quantitative estimate of drug-likeness (QED) is 0.678. The van der Waals surface area contributed by atoms with Gasteiger partial charge in [0, 0.05) is 13.0 Å². The van der Waals surface area contributed by atoms with Crippen LogP contribution in [0.2, 0.25) is 0 Å². The predicted molar refractivity (Wildman–Crippen MR) is 68.6 cm³/mol. The normalized spacial score (nSPS) is 11.2. The van der Waals surface area contributed by atoms with Crippen LogP contribution in [0.1, 0.15) is 25.6 Å². The van der Waals surface area contributed by atoms with Gasteiger partial charge < -0.3 is 10.7 Å². The Bertz CT molecular complexity index is 651. The summed E-state index contributed by atoms with van der Waals surface area (Å²) in [5.41, 5.74) is 5.39. The number of nitrogens with zero attached hydrogens (tertiary/aromatic N) is 2. The maximum Gasteiger partial charge on any atom is 0.330 e. The third-order valence-corrected chi connectivity index (χ3v) is 2.75. The second kappa shape index (κ2) is 5.18. The van der Waals surface area contributed by atoms with Crippen molar-refractivity contribution in [3.8, 4) is 0 Å². The van der Waals surface area contributed by atoms with E-state index in [1.807, 2.05) is 6.92 Å². The summed E-state index contributed by atoms with van der Waals surface area (Å²) in [6, 6.07) is 0. The molecule has 18 heavy (non-hydrogen) atoms. The van der Waals surface area contributed by atoms with E-state index in [9.17, 15) is 9.59 Å². The molecule has 0 bridgehead atoms. The zero-order valence-electron chi connectivity index (χ0n) is 10.3. The van der Waals surface area contributed by atoms with Gasteiger partial charge >= 0.3 is 5.69 Å². The van der Waals surface area contributed by atoms with E-state index in [2.05, 4.69) is 15.0 Å². The zero-order valence-corrected chi connectivity index (χ0v) is 10.3. The van der Waals surface area contributed by atoms with Gasteiger partial charge in [-0.2, -0.15) is 0 Å². The lowest BCUT2D eigenvalue weighted by Crippen LogP contribution is -2.30. The fourth-order valence-corrected chi connectivity index (χ4v) is 1.91. The van der Waals surface area contributed by atoms with Crippen molar-refractivity contribution in [3.63, 3.8) is 0 Å². The zero-order chi connectivity index (χ0) is 13.1. The van der Waals surface area contributed by atoms with E-state index in [-0.39, 0.29) is 0 Å². The molecule has 0 unspecified atom stereocenters. The van der Waals surface area contributed by atoms with Crippen LogP contribution in [0.4, 0.5) is 0 Å². The first-order valence-corrected chi connectivity index (χ1v) is 6.09. The summed E-state index contributed by atoms with van der Waals surface area (Å²) in [7, 11) is 0.